The number of hydrogen-bond donors (Lipinski definition) is 2. The average Bonchev–Trinajstić information content (AvgIpc) is 2.82. The van der Waals surface area contributed by atoms with Crippen LogP contribution in [0.5, 0.6) is 0 Å². The van der Waals surface area contributed by atoms with E-state index in [0.29, 0.717) is 12.0 Å². The number of nitrogen functional groups attached to an aromatic ring is 1. The quantitative estimate of drug-likeness (QED) is 0.883. The van der Waals surface area contributed by atoms with Crippen LogP contribution in [0, 0.1) is 5.92 Å². The van der Waals surface area contributed by atoms with Gasteiger partial charge in [0.15, 0.2) is 0 Å². The van der Waals surface area contributed by atoms with Gasteiger partial charge in [-0.05, 0) is 56.7 Å². The van der Waals surface area contributed by atoms with Crippen molar-refractivity contribution in [3.63, 3.8) is 0 Å². The first-order valence-electron chi connectivity index (χ1n) is 9.51. The zero-order chi connectivity index (χ0) is 16.8. The first-order chi connectivity index (χ1) is 12.3. The lowest BCUT2D eigenvalue weighted by atomic mass is 9.84. The van der Waals surface area contributed by atoms with Gasteiger partial charge in [0, 0.05) is 23.7 Å². The summed E-state index contributed by atoms with van der Waals surface area (Å²) in [6.45, 7) is 3.63. The minimum atomic E-state index is 0.374. The van der Waals surface area contributed by atoms with Crippen LogP contribution in [-0.4, -0.2) is 40.5 Å². The topological polar surface area (TPSA) is 67.1 Å². The molecule has 0 saturated carbocycles. The van der Waals surface area contributed by atoms with E-state index in [1.165, 1.54) is 42.6 Å². The Labute approximate surface area is 148 Å². The molecular weight excluding hydrogens is 310 g/mol. The molecule has 5 heteroatoms. The van der Waals surface area contributed by atoms with Crippen molar-refractivity contribution in [3.05, 3.63) is 35.4 Å². The Hall–Kier alpha value is -2.14. The van der Waals surface area contributed by atoms with E-state index in [9.17, 15) is 0 Å². The minimum absolute atomic E-state index is 0.374. The van der Waals surface area contributed by atoms with Crippen molar-refractivity contribution >= 4 is 11.8 Å². The molecule has 3 N–H and O–H groups in total. The van der Waals surface area contributed by atoms with Crippen molar-refractivity contribution in [2.45, 2.75) is 38.1 Å². The molecule has 0 spiro atoms. The Morgan fingerprint density at radius 1 is 1.08 bits per heavy atom. The highest BCUT2D eigenvalue weighted by atomic mass is 15.2. The number of aryl methyl sites for hydroxylation is 1. The van der Waals surface area contributed by atoms with Crippen LogP contribution in [0.15, 0.2) is 24.3 Å². The summed E-state index contributed by atoms with van der Waals surface area (Å²) in [4.78, 5) is 11.8. The highest BCUT2D eigenvalue weighted by Gasteiger charge is 2.35. The molecule has 3 saturated heterocycles. The second-order valence-electron chi connectivity index (χ2n) is 7.66. The van der Waals surface area contributed by atoms with E-state index in [-0.39, 0.29) is 0 Å². The molecular formula is C20H25N5. The lowest BCUT2D eigenvalue weighted by molar-refractivity contribution is 0.0973. The van der Waals surface area contributed by atoms with Gasteiger partial charge in [0.2, 0.25) is 5.95 Å². The third-order valence-corrected chi connectivity index (χ3v) is 6.15. The lowest BCUT2D eigenvalue weighted by Crippen LogP contribution is -2.53. The fourth-order valence-electron chi connectivity index (χ4n) is 4.81. The van der Waals surface area contributed by atoms with E-state index < -0.39 is 0 Å². The molecule has 130 valence electrons. The van der Waals surface area contributed by atoms with Crippen molar-refractivity contribution in [1.29, 1.82) is 0 Å². The van der Waals surface area contributed by atoms with Crippen LogP contribution in [-0.2, 0) is 12.8 Å². The zero-order valence-electron chi connectivity index (χ0n) is 14.5. The molecule has 6 rings (SSSR count). The summed E-state index contributed by atoms with van der Waals surface area (Å²) in [6, 6.07) is 9.07. The summed E-state index contributed by atoms with van der Waals surface area (Å²) >= 11 is 0. The van der Waals surface area contributed by atoms with E-state index in [1.54, 1.807) is 0 Å². The van der Waals surface area contributed by atoms with E-state index in [1.807, 2.05) is 0 Å². The van der Waals surface area contributed by atoms with Crippen LogP contribution in [0.3, 0.4) is 0 Å². The summed E-state index contributed by atoms with van der Waals surface area (Å²) in [5.41, 5.74) is 11.0. The SMILES string of the molecule is Nc1nc(N[C@H]2CN3CCC2CC3)c2c(n1)-c1ccccc1CCC2. The van der Waals surface area contributed by atoms with Gasteiger partial charge in [0.25, 0.3) is 0 Å². The monoisotopic (exact) mass is 335 g/mol. The highest BCUT2D eigenvalue weighted by Crippen LogP contribution is 2.36. The molecule has 4 aliphatic rings. The van der Waals surface area contributed by atoms with Crippen molar-refractivity contribution in [2.24, 2.45) is 5.92 Å². The van der Waals surface area contributed by atoms with Gasteiger partial charge in [0.1, 0.15) is 5.82 Å². The number of rotatable bonds is 2. The number of piperidine rings is 3. The maximum Gasteiger partial charge on any atom is 0.222 e. The molecule has 4 heterocycles. The number of fused-ring (bicyclic) bond motifs is 6. The van der Waals surface area contributed by atoms with E-state index in [2.05, 4.69) is 44.5 Å². The van der Waals surface area contributed by atoms with Gasteiger partial charge >= 0.3 is 0 Å². The summed E-state index contributed by atoms with van der Waals surface area (Å²) in [5, 5.41) is 3.77. The van der Waals surface area contributed by atoms with E-state index in [4.69, 9.17) is 5.73 Å². The molecule has 0 unspecified atom stereocenters. The van der Waals surface area contributed by atoms with Gasteiger partial charge in [-0.1, -0.05) is 24.3 Å². The molecule has 5 nitrogen and oxygen atoms in total. The smallest absolute Gasteiger partial charge is 0.222 e. The Bertz CT molecular complexity index is 795. The third-order valence-electron chi connectivity index (χ3n) is 6.15. The number of aromatic nitrogens is 2. The largest absolute Gasteiger partial charge is 0.368 e. The average molecular weight is 335 g/mol. The predicted octanol–water partition coefficient (Wildman–Crippen LogP) is 2.72. The normalized spacial score (nSPS) is 27.3. The zero-order valence-corrected chi connectivity index (χ0v) is 14.5. The standard InChI is InChI=1S/C20H25N5/c21-20-23-18-15-6-2-1-4-13(15)5-3-7-16(18)19(24-20)22-17-12-25-10-8-14(17)9-11-25/h1-2,4,6,14,17H,3,5,7-12H2,(H3,21,22,23,24)/t17-/m0/s1. The fourth-order valence-corrected chi connectivity index (χ4v) is 4.81. The van der Waals surface area contributed by atoms with Gasteiger partial charge in [-0.3, -0.25) is 0 Å². The van der Waals surface area contributed by atoms with Gasteiger partial charge < -0.3 is 16.0 Å². The van der Waals surface area contributed by atoms with Crippen LogP contribution in [0.25, 0.3) is 11.3 Å². The predicted molar refractivity (Wildman–Crippen MR) is 100 cm³/mol. The Morgan fingerprint density at radius 3 is 2.72 bits per heavy atom. The Kier molecular flexibility index (Phi) is 3.63. The summed E-state index contributed by atoms with van der Waals surface area (Å²) in [6.07, 6.45) is 5.82. The maximum atomic E-state index is 6.10. The van der Waals surface area contributed by atoms with Crippen molar-refractivity contribution in [3.8, 4) is 11.3 Å². The first kappa shape index (κ1) is 15.1. The third kappa shape index (κ3) is 2.67. The van der Waals surface area contributed by atoms with Crippen LogP contribution >= 0.6 is 0 Å². The van der Waals surface area contributed by atoms with Crippen LogP contribution in [0.1, 0.15) is 30.4 Å². The van der Waals surface area contributed by atoms with Gasteiger partial charge in [0.05, 0.1) is 5.69 Å². The molecule has 25 heavy (non-hydrogen) atoms. The summed E-state index contributed by atoms with van der Waals surface area (Å²) in [7, 11) is 0. The molecule has 3 aliphatic heterocycles. The Morgan fingerprint density at radius 2 is 1.92 bits per heavy atom. The Balaban J connectivity index is 1.55. The summed E-state index contributed by atoms with van der Waals surface area (Å²) < 4.78 is 0. The van der Waals surface area contributed by atoms with Crippen molar-refractivity contribution in [1.82, 2.24) is 14.9 Å². The molecule has 2 aromatic rings. The molecule has 1 aromatic carbocycles. The minimum Gasteiger partial charge on any atom is -0.368 e. The van der Waals surface area contributed by atoms with Gasteiger partial charge in [-0.15, -0.1) is 0 Å². The second-order valence-corrected chi connectivity index (χ2v) is 7.66. The molecule has 1 atom stereocenters. The number of benzene rings is 1. The second kappa shape index (κ2) is 5.99. The van der Waals surface area contributed by atoms with Crippen LogP contribution < -0.4 is 11.1 Å². The van der Waals surface area contributed by atoms with E-state index >= 15 is 0 Å². The number of nitrogens with zero attached hydrogens (tertiary/aromatic N) is 3. The lowest BCUT2D eigenvalue weighted by Gasteiger charge is -2.45. The maximum absolute atomic E-state index is 6.10. The van der Waals surface area contributed by atoms with Crippen molar-refractivity contribution in [2.75, 3.05) is 30.7 Å². The summed E-state index contributed by atoms with van der Waals surface area (Å²) in [5.74, 6) is 2.10. The number of nitrogens with one attached hydrogen (secondary N) is 1. The molecule has 0 amide bonds. The van der Waals surface area contributed by atoms with Crippen LogP contribution in [0.2, 0.25) is 0 Å². The van der Waals surface area contributed by atoms with Gasteiger partial charge in [-0.25, -0.2) is 4.98 Å². The first-order valence-corrected chi connectivity index (χ1v) is 9.51. The number of anilines is 2. The van der Waals surface area contributed by atoms with Gasteiger partial charge in [-0.2, -0.15) is 4.98 Å². The molecule has 0 radical (unpaired) electrons. The van der Waals surface area contributed by atoms with E-state index in [0.717, 1.165) is 43.2 Å². The molecule has 1 aliphatic carbocycles. The molecule has 2 bridgehead atoms. The number of nitrogens with two attached hydrogens (primary N) is 1. The number of hydrogen-bond acceptors (Lipinski definition) is 5. The molecule has 1 aromatic heterocycles. The van der Waals surface area contributed by atoms with Crippen LogP contribution in [0.4, 0.5) is 11.8 Å². The van der Waals surface area contributed by atoms with Crippen molar-refractivity contribution < 1.29 is 0 Å². The molecule has 3 fully saturated rings. The highest BCUT2D eigenvalue weighted by molar-refractivity contribution is 5.73. The fraction of sp³-hybridized carbons (Fsp3) is 0.500.